The molecule has 2 heteroatoms. The normalized spacial score (nSPS) is 27.3. The van der Waals surface area contributed by atoms with Crippen LogP contribution in [0.3, 0.4) is 0 Å². The topological polar surface area (TPSA) is 9.23 Å². The summed E-state index contributed by atoms with van der Waals surface area (Å²) in [6.07, 6.45) is 38.1. The first-order valence-electron chi connectivity index (χ1n) is 16.7. The highest BCUT2D eigenvalue weighted by atomic mass is 16.5. The summed E-state index contributed by atoms with van der Waals surface area (Å²) >= 11 is 0. The van der Waals surface area contributed by atoms with Crippen LogP contribution in [0.2, 0.25) is 5.82 Å². The van der Waals surface area contributed by atoms with Crippen LogP contribution in [0.25, 0.3) is 0 Å². The molecular weight excluding hydrogens is 531 g/mol. The maximum Gasteiger partial charge on any atom is 0.110 e. The second-order valence-electron chi connectivity index (χ2n) is 14.6. The Labute approximate surface area is 272 Å². The zero-order valence-electron chi connectivity index (χ0n) is 30.1. The molecule has 44 heavy (non-hydrogen) atoms. The predicted molar refractivity (Wildman–Crippen MR) is 200 cm³/mol. The highest BCUT2D eigenvalue weighted by molar-refractivity contribution is 6.13. The molecule has 238 valence electrons. The van der Waals surface area contributed by atoms with Crippen molar-refractivity contribution in [2.45, 2.75) is 101 Å². The van der Waals surface area contributed by atoms with Crippen molar-refractivity contribution in [3.63, 3.8) is 0 Å². The molecule has 0 aliphatic heterocycles. The molecule has 2 unspecified atom stereocenters. The third-order valence-electron chi connectivity index (χ3n) is 8.99. The van der Waals surface area contributed by atoms with E-state index in [1.165, 1.54) is 39.9 Å². The number of hydrogen-bond donors (Lipinski definition) is 0. The number of rotatable bonds is 12. The van der Waals surface area contributed by atoms with Crippen LogP contribution in [-0.4, -0.2) is 20.6 Å². The Morgan fingerprint density at radius 1 is 0.682 bits per heavy atom. The lowest BCUT2D eigenvalue weighted by molar-refractivity contribution is 0.0438. The van der Waals surface area contributed by atoms with Crippen LogP contribution >= 0.6 is 0 Å². The van der Waals surface area contributed by atoms with Crippen molar-refractivity contribution in [3.8, 4) is 0 Å². The third-order valence-corrected chi connectivity index (χ3v) is 8.99. The SMILES string of the molecule is B[C@@H]1C=C(C)C(/C=C/C(C)=C/C=C/C(C)=C/C=C/C=C(C)/C=C/C=C(C)/C=C/C2C(C)=C[C@@H](OCC)CC2(C)C)C(C)(C)C1. The highest BCUT2D eigenvalue weighted by Crippen LogP contribution is 2.45. The smallest absolute Gasteiger partial charge is 0.110 e. The monoisotopic (exact) mass is 592 g/mol. The van der Waals surface area contributed by atoms with Gasteiger partial charge in [0.15, 0.2) is 0 Å². The Kier molecular flexibility index (Phi) is 14.9. The van der Waals surface area contributed by atoms with Crippen LogP contribution < -0.4 is 0 Å². The van der Waals surface area contributed by atoms with E-state index in [1.807, 2.05) is 0 Å². The predicted octanol–water partition coefficient (Wildman–Crippen LogP) is 11.4. The first kappa shape index (κ1) is 37.4. The van der Waals surface area contributed by atoms with Gasteiger partial charge in [0.1, 0.15) is 7.85 Å². The van der Waals surface area contributed by atoms with Crippen molar-refractivity contribution in [1.82, 2.24) is 0 Å². The molecular formula is C42H61BO. The van der Waals surface area contributed by atoms with Gasteiger partial charge in [-0.25, -0.2) is 0 Å². The van der Waals surface area contributed by atoms with E-state index in [1.54, 1.807) is 0 Å². The van der Waals surface area contributed by atoms with E-state index in [4.69, 9.17) is 4.74 Å². The lowest BCUT2D eigenvalue weighted by atomic mass is 9.61. The second kappa shape index (κ2) is 17.6. The fraction of sp³-hybridized carbons (Fsp3) is 0.476. The molecule has 4 atom stereocenters. The molecule has 0 aromatic rings. The van der Waals surface area contributed by atoms with Crippen molar-refractivity contribution in [2.75, 3.05) is 6.61 Å². The average molecular weight is 593 g/mol. The minimum absolute atomic E-state index is 0.189. The van der Waals surface area contributed by atoms with E-state index >= 15 is 0 Å². The van der Waals surface area contributed by atoms with Crippen molar-refractivity contribution in [3.05, 3.63) is 131 Å². The Morgan fingerprint density at radius 3 is 1.52 bits per heavy atom. The Balaban J connectivity index is 1.89. The molecule has 0 aromatic heterocycles. The van der Waals surface area contributed by atoms with Crippen molar-refractivity contribution in [1.29, 1.82) is 0 Å². The molecule has 2 aliphatic rings. The average Bonchev–Trinajstić information content (AvgIpc) is 2.89. The molecule has 0 spiro atoms. The van der Waals surface area contributed by atoms with Gasteiger partial charge in [-0.1, -0.05) is 164 Å². The first-order valence-corrected chi connectivity index (χ1v) is 16.7. The van der Waals surface area contributed by atoms with Gasteiger partial charge in [-0.2, -0.15) is 0 Å². The van der Waals surface area contributed by atoms with Crippen molar-refractivity contribution < 1.29 is 4.74 Å². The summed E-state index contributed by atoms with van der Waals surface area (Å²) in [5, 5.41) is 0. The molecule has 0 saturated carbocycles. The van der Waals surface area contributed by atoms with E-state index in [0.29, 0.717) is 23.1 Å². The molecule has 0 bridgehead atoms. The molecule has 0 amide bonds. The van der Waals surface area contributed by atoms with Gasteiger partial charge in [-0.05, 0) is 72.1 Å². The summed E-state index contributed by atoms with van der Waals surface area (Å²) in [5.74, 6) is 1.62. The van der Waals surface area contributed by atoms with Gasteiger partial charge in [-0.15, -0.1) is 0 Å². The lowest BCUT2D eigenvalue weighted by Crippen LogP contribution is -2.33. The quantitative estimate of drug-likeness (QED) is 0.124. The molecule has 2 aliphatic carbocycles. The minimum Gasteiger partial charge on any atom is -0.374 e. The zero-order valence-corrected chi connectivity index (χ0v) is 30.1. The Morgan fingerprint density at radius 2 is 1.09 bits per heavy atom. The van der Waals surface area contributed by atoms with Crippen molar-refractivity contribution >= 4 is 7.85 Å². The van der Waals surface area contributed by atoms with Gasteiger partial charge in [0.05, 0.1) is 6.10 Å². The standard InChI is InChI=1S/C42H61BO/c1-12-44-38-28-36(7)40(42(10,11)30-38)26-24-34(5)22-16-20-32(3)18-14-13-17-31(2)19-15-21-33(4)23-25-39-35(6)27-37(43)29-41(39,8)9/h13-28,37-40H,12,29-30,43H2,1-11H3/b14-13+,19-15+,20-16+,25-23+,26-24+,31-17+,32-18+,33-21+,34-22+/t37-,38-,39?,40?/m1/s1. The van der Waals surface area contributed by atoms with E-state index in [2.05, 4.69) is 181 Å². The van der Waals surface area contributed by atoms with Gasteiger partial charge in [0.2, 0.25) is 0 Å². The van der Waals surface area contributed by atoms with Crippen LogP contribution in [0, 0.1) is 22.7 Å². The van der Waals surface area contributed by atoms with Gasteiger partial charge in [0.25, 0.3) is 0 Å². The molecule has 0 heterocycles. The number of allylic oxidation sites excluding steroid dienone is 21. The van der Waals surface area contributed by atoms with Crippen LogP contribution in [0.15, 0.2) is 131 Å². The number of ether oxygens (including phenoxy) is 1. The molecule has 1 nitrogen and oxygen atoms in total. The maximum atomic E-state index is 5.90. The summed E-state index contributed by atoms with van der Waals surface area (Å²) in [5.41, 5.74) is 8.38. The fourth-order valence-electron chi connectivity index (χ4n) is 6.88. The van der Waals surface area contributed by atoms with E-state index in [0.717, 1.165) is 13.0 Å². The van der Waals surface area contributed by atoms with Gasteiger partial charge in [0, 0.05) is 18.4 Å². The summed E-state index contributed by atoms with van der Waals surface area (Å²) in [4.78, 5) is 0. The highest BCUT2D eigenvalue weighted by Gasteiger charge is 2.35. The minimum atomic E-state index is 0.189. The van der Waals surface area contributed by atoms with Crippen LogP contribution in [0.5, 0.6) is 0 Å². The van der Waals surface area contributed by atoms with Crippen LogP contribution in [-0.2, 0) is 4.74 Å². The van der Waals surface area contributed by atoms with Gasteiger partial charge < -0.3 is 4.74 Å². The summed E-state index contributed by atoms with van der Waals surface area (Å²) in [7, 11) is 2.33. The maximum absolute atomic E-state index is 5.90. The molecule has 0 N–H and O–H groups in total. The molecule has 0 aromatic carbocycles. The van der Waals surface area contributed by atoms with E-state index < -0.39 is 0 Å². The molecule has 0 fully saturated rings. The zero-order chi connectivity index (χ0) is 32.9. The first-order chi connectivity index (χ1) is 20.6. The van der Waals surface area contributed by atoms with Gasteiger partial charge in [-0.3, -0.25) is 0 Å². The second-order valence-corrected chi connectivity index (χ2v) is 14.6. The fourth-order valence-corrected chi connectivity index (χ4v) is 6.88. The summed E-state index contributed by atoms with van der Waals surface area (Å²) in [6.45, 7) is 25.5. The van der Waals surface area contributed by atoms with Crippen molar-refractivity contribution in [2.24, 2.45) is 22.7 Å². The van der Waals surface area contributed by atoms with E-state index in [9.17, 15) is 0 Å². The van der Waals surface area contributed by atoms with Crippen LogP contribution in [0.1, 0.15) is 89.0 Å². The summed E-state index contributed by atoms with van der Waals surface area (Å²) in [6, 6.07) is 0. The third kappa shape index (κ3) is 12.6. The Hall–Kier alpha value is -2.84. The van der Waals surface area contributed by atoms with Gasteiger partial charge >= 0.3 is 0 Å². The summed E-state index contributed by atoms with van der Waals surface area (Å²) < 4.78 is 5.90. The molecule has 0 radical (unpaired) electrons. The van der Waals surface area contributed by atoms with E-state index in [-0.39, 0.29) is 11.5 Å². The Bertz CT molecular complexity index is 1290. The molecule has 0 saturated heterocycles. The largest absolute Gasteiger partial charge is 0.374 e. The molecule has 2 rings (SSSR count). The van der Waals surface area contributed by atoms with Crippen LogP contribution in [0.4, 0.5) is 0 Å². The lowest BCUT2D eigenvalue weighted by Gasteiger charge is -2.40. The number of hydrogen-bond acceptors (Lipinski definition) is 1.